The Kier molecular flexibility index (Phi) is 7.09. The standard InChI is InChI=1S/C25H20F4N4O4/c26-19-12-16(7-9-18(19)25(27,28)29)32-24(37)33-11-1-2-21(33)22(34)31-17-8-10-20(30-13-17)14-3-5-15(6-4-14)23(35)36/h3-10,12-13,21H,1-2,11H2,(H,31,34)(H,32,37)(H,35,36)/t21-/m1/s1. The quantitative estimate of drug-likeness (QED) is 0.402. The summed E-state index contributed by atoms with van der Waals surface area (Å²) in [6.45, 7) is 0.233. The third-order valence-electron chi connectivity index (χ3n) is 5.80. The first-order chi connectivity index (χ1) is 17.5. The zero-order chi connectivity index (χ0) is 26.7. The molecule has 1 saturated heterocycles. The van der Waals surface area contributed by atoms with Gasteiger partial charge in [-0.25, -0.2) is 14.0 Å². The number of carbonyl (C=O) groups excluding carboxylic acids is 2. The fourth-order valence-electron chi connectivity index (χ4n) is 3.95. The highest BCUT2D eigenvalue weighted by molar-refractivity contribution is 5.99. The predicted molar refractivity (Wildman–Crippen MR) is 125 cm³/mol. The number of aromatic nitrogens is 1. The maximum atomic E-state index is 13.8. The second-order valence-corrected chi connectivity index (χ2v) is 8.28. The van der Waals surface area contributed by atoms with Gasteiger partial charge in [-0.15, -0.1) is 0 Å². The molecule has 1 atom stereocenters. The van der Waals surface area contributed by atoms with Gasteiger partial charge in [-0.2, -0.15) is 13.2 Å². The van der Waals surface area contributed by atoms with Crippen LogP contribution >= 0.6 is 0 Å². The van der Waals surface area contributed by atoms with Gasteiger partial charge < -0.3 is 20.6 Å². The van der Waals surface area contributed by atoms with Gasteiger partial charge in [-0.05, 0) is 55.3 Å². The number of anilines is 2. The SMILES string of the molecule is O=C(O)c1ccc(-c2ccc(NC(=O)[C@H]3CCCN3C(=O)Nc3ccc(C(F)(F)F)c(F)c3)cn2)cc1. The lowest BCUT2D eigenvalue weighted by Gasteiger charge is -2.24. The Balaban J connectivity index is 1.39. The number of nitrogens with one attached hydrogen (secondary N) is 2. The van der Waals surface area contributed by atoms with Crippen molar-refractivity contribution in [3.8, 4) is 11.3 Å². The highest BCUT2D eigenvalue weighted by atomic mass is 19.4. The molecule has 1 aromatic heterocycles. The molecule has 0 radical (unpaired) electrons. The number of pyridine rings is 1. The molecule has 0 spiro atoms. The van der Waals surface area contributed by atoms with Crippen LogP contribution in [0, 0.1) is 5.82 Å². The van der Waals surface area contributed by atoms with E-state index >= 15 is 0 Å². The number of alkyl halides is 3. The van der Waals surface area contributed by atoms with Crippen LogP contribution in [0.15, 0.2) is 60.8 Å². The molecule has 1 aliphatic rings. The fourth-order valence-corrected chi connectivity index (χ4v) is 3.95. The number of rotatable bonds is 5. The monoisotopic (exact) mass is 516 g/mol. The van der Waals surface area contributed by atoms with E-state index in [1.54, 1.807) is 24.3 Å². The Hall–Kier alpha value is -4.48. The Labute approximate surface area is 207 Å². The average Bonchev–Trinajstić information content (AvgIpc) is 3.34. The van der Waals surface area contributed by atoms with Crippen LogP contribution < -0.4 is 10.6 Å². The summed E-state index contributed by atoms with van der Waals surface area (Å²) in [5, 5.41) is 14.0. The number of hydrogen-bond donors (Lipinski definition) is 3. The number of carboxylic acids is 1. The number of nitrogens with zero attached hydrogens (tertiary/aromatic N) is 2. The van der Waals surface area contributed by atoms with E-state index in [-0.39, 0.29) is 17.8 Å². The molecular weight excluding hydrogens is 496 g/mol. The average molecular weight is 516 g/mol. The lowest BCUT2D eigenvalue weighted by molar-refractivity contribution is -0.140. The molecule has 4 rings (SSSR count). The lowest BCUT2D eigenvalue weighted by Crippen LogP contribution is -2.45. The summed E-state index contributed by atoms with van der Waals surface area (Å²) in [6.07, 6.45) is -2.55. The maximum absolute atomic E-state index is 13.8. The number of carbonyl (C=O) groups is 3. The van der Waals surface area contributed by atoms with Gasteiger partial charge in [0.15, 0.2) is 0 Å². The van der Waals surface area contributed by atoms with Gasteiger partial charge in [0.05, 0.1) is 28.7 Å². The van der Waals surface area contributed by atoms with Crippen molar-refractivity contribution in [1.29, 1.82) is 0 Å². The first-order valence-electron chi connectivity index (χ1n) is 11.1. The van der Waals surface area contributed by atoms with E-state index in [2.05, 4.69) is 15.6 Å². The van der Waals surface area contributed by atoms with E-state index in [0.717, 1.165) is 6.07 Å². The number of aromatic carboxylic acids is 1. The van der Waals surface area contributed by atoms with E-state index in [1.165, 1.54) is 23.2 Å². The molecule has 0 aliphatic carbocycles. The van der Waals surface area contributed by atoms with Crippen LogP contribution in [0.5, 0.6) is 0 Å². The van der Waals surface area contributed by atoms with Crippen molar-refractivity contribution in [1.82, 2.24) is 9.88 Å². The van der Waals surface area contributed by atoms with Crippen molar-refractivity contribution < 1.29 is 37.1 Å². The summed E-state index contributed by atoms with van der Waals surface area (Å²) in [5.74, 6) is -3.04. The van der Waals surface area contributed by atoms with Gasteiger partial charge in [-0.1, -0.05) is 12.1 Å². The Morgan fingerprint density at radius 3 is 2.27 bits per heavy atom. The summed E-state index contributed by atoms with van der Waals surface area (Å²) >= 11 is 0. The summed E-state index contributed by atoms with van der Waals surface area (Å²) < 4.78 is 52.1. The first kappa shape index (κ1) is 25.6. The minimum atomic E-state index is -4.86. The Morgan fingerprint density at radius 2 is 1.68 bits per heavy atom. The van der Waals surface area contributed by atoms with Gasteiger partial charge in [0, 0.05) is 17.8 Å². The van der Waals surface area contributed by atoms with E-state index < -0.39 is 41.5 Å². The molecule has 37 heavy (non-hydrogen) atoms. The lowest BCUT2D eigenvalue weighted by atomic mass is 10.1. The van der Waals surface area contributed by atoms with Crippen molar-refractivity contribution in [2.75, 3.05) is 17.2 Å². The van der Waals surface area contributed by atoms with E-state index in [9.17, 15) is 31.9 Å². The molecule has 0 unspecified atom stereocenters. The maximum Gasteiger partial charge on any atom is 0.419 e. The Bertz CT molecular complexity index is 1330. The second kappa shape index (κ2) is 10.2. The topological polar surface area (TPSA) is 112 Å². The predicted octanol–water partition coefficient (Wildman–Crippen LogP) is 5.24. The smallest absolute Gasteiger partial charge is 0.419 e. The fraction of sp³-hybridized carbons (Fsp3) is 0.200. The molecule has 2 aromatic carbocycles. The highest BCUT2D eigenvalue weighted by Crippen LogP contribution is 2.32. The molecular formula is C25H20F4N4O4. The van der Waals surface area contributed by atoms with Crippen molar-refractivity contribution in [2.24, 2.45) is 0 Å². The van der Waals surface area contributed by atoms with Crippen LogP contribution in [-0.2, 0) is 11.0 Å². The third kappa shape index (κ3) is 5.85. The number of urea groups is 1. The van der Waals surface area contributed by atoms with Crippen LogP contribution in [-0.4, -0.2) is 45.5 Å². The minimum absolute atomic E-state index is 0.140. The highest BCUT2D eigenvalue weighted by Gasteiger charge is 2.36. The van der Waals surface area contributed by atoms with Gasteiger partial charge in [0.2, 0.25) is 5.91 Å². The number of carboxylic acid groups (broad SMARTS) is 1. The second-order valence-electron chi connectivity index (χ2n) is 8.28. The van der Waals surface area contributed by atoms with Crippen LogP contribution in [0.25, 0.3) is 11.3 Å². The molecule has 3 N–H and O–H groups in total. The molecule has 8 nitrogen and oxygen atoms in total. The van der Waals surface area contributed by atoms with Crippen LogP contribution in [0.3, 0.4) is 0 Å². The van der Waals surface area contributed by atoms with E-state index in [4.69, 9.17) is 5.11 Å². The number of hydrogen-bond acceptors (Lipinski definition) is 4. The summed E-state index contributed by atoms with van der Waals surface area (Å²) in [7, 11) is 0. The zero-order valence-electron chi connectivity index (χ0n) is 19.1. The van der Waals surface area contributed by atoms with Gasteiger partial charge in [0.25, 0.3) is 0 Å². The third-order valence-corrected chi connectivity index (χ3v) is 5.80. The molecule has 3 amide bonds. The number of halogens is 4. The van der Waals surface area contributed by atoms with Crippen LogP contribution in [0.2, 0.25) is 0 Å². The molecule has 2 heterocycles. The summed E-state index contributed by atoms with van der Waals surface area (Å²) in [5.41, 5.74) is 0.134. The molecule has 192 valence electrons. The molecule has 1 aliphatic heterocycles. The zero-order valence-corrected chi connectivity index (χ0v) is 19.1. The summed E-state index contributed by atoms with van der Waals surface area (Å²) in [4.78, 5) is 42.0. The van der Waals surface area contributed by atoms with Crippen molar-refractivity contribution in [3.63, 3.8) is 0 Å². The largest absolute Gasteiger partial charge is 0.478 e. The van der Waals surface area contributed by atoms with Gasteiger partial charge in [0.1, 0.15) is 11.9 Å². The molecule has 0 saturated carbocycles. The Morgan fingerprint density at radius 1 is 0.973 bits per heavy atom. The van der Waals surface area contributed by atoms with Crippen LogP contribution in [0.1, 0.15) is 28.8 Å². The molecule has 0 bridgehead atoms. The molecule has 3 aromatic rings. The van der Waals surface area contributed by atoms with Crippen molar-refractivity contribution >= 4 is 29.3 Å². The van der Waals surface area contributed by atoms with E-state index in [1.807, 2.05) is 0 Å². The van der Waals surface area contributed by atoms with E-state index in [0.29, 0.717) is 41.9 Å². The number of amides is 3. The normalized spacial score (nSPS) is 15.4. The van der Waals surface area contributed by atoms with Crippen molar-refractivity contribution in [2.45, 2.75) is 25.1 Å². The van der Waals surface area contributed by atoms with Crippen molar-refractivity contribution in [3.05, 3.63) is 77.7 Å². The number of benzene rings is 2. The minimum Gasteiger partial charge on any atom is -0.478 e. The van der Waals surface area contributed by atoms with Gasteiger partial charge in [-0.3, -0.25) is 9.78 Å². The molecule has 1 fully saturated rings. The van der Waals surface area contributed by atoms with Crippen LogP contribution in [0.4, 0.5) is 33.7 Å². The van der Waals surface area contributed by atoms with Gasteiger partial charge >= 0.3 is 18.2 Å². The molecule has 12 heteroatoms. The summed E-state index contributed by atoms with van der Waals surface area (Å²) in [6, 6.07) is 9.85. The first-order valence-corrected chi connectivity index (χ1v) is 11.1. The number of likely N-dealkylation sites (tertiary alicyclic amines) is 1.